The van der Waals surface area contributed by atoms with Crippen LogP contribution in [0.3, 0.4) is 0 Å². The Hall–Kier alpha value is -4.40. The van der Waals surface area contributed by atoms with Crippen LogP contribution in [0.1, 0.15) is 10.4 Å². The second-order valence-corrected chi connectivity index (χ2v) is 8.44. The van der Waals surface area contributed by atoms with E-state index >= 15 is 0 Å². The van der Waals surface area contributed by atoms with Crippen LogP contribution in [-0.2, 0) is 4.79 Å². The van der Waals surface area contributed by atoms with E-state index in [-0.39, 0.29) is 18.4 Å². The molecule has 0 unspecified atom stereocenters. The summed E-state index contributed by atoms with van der Waals surface area (Å²) in [5.74, 6) is 2.19. The lowest BCUT2D eigenvalue weighted by molar-refractivity contribution is -0.118. The normalized spacial score (nSPS) is 13.1. The number of ether oxygens (including phenoxy) is 4. The number of nitrogens with zero attached hydrogens (tertiary/aromatic N) is 2. The molecule has 3 aromatic rings. The van der Waals surface area contributed by atoms with Crippen LogP contribution >= 0.6 is 0 Å². The first kappa shape index (κ1) is 25.7. The minimum absolute atomic E-state index is 0.0493. The number of piperazine rings is 1. The van der Waals surface area contributed by atoms with Gasteiger partial charge in [0.25, 0.3) is 11.8 Å². The average molecular weight is 506 g/mol. The molecule has 4 rings (SSSR count). The standard InChI is InChI=1S/C28H31N3O6/c1-34-23-8-10-24(11-9-23)37-19-27(32)29-21-4-6-22(7-5-21)30-12-14-31(15-13-30)28(33)20-16-25(35-2)18-26(17-20)36-3/h4-11,16-18H,12-15,19H2,1-3H3,(H,29,32). The van der Waals surface area contributed by atoms with Crippen molar-refractivity contribution in [2.45, 2.75) is 0 Å². The van der Waals surface area contributed by atoms with E-state index in [1.807, 2.05) is 29.2 Å². The number of benzene rings is 3. The maximum atomic E-state index is 13.0. The van der Waals surface area contributed by atoms with Crippen molar-refractivity contribution >= 4 is 23.2 Å². The van der Waals surface area contributed by atoms with Crippen LogP contribution in [-0.4, -0.2) is 70.8 Å². The Balaban J connectivity index is 1.27. The molecule has 1 saturated heterocycles. The fraction of sp³-hybridized carbons (Fsp3) is 0.286. The van der Waals surface area contributed by atoms with Crippen molar-refractivity contribution in [3.05, 3.63) is 72.3 Å². The summed E-state index contributed by atoms with van der Waals surface area (Å²) in [4.78, 5) is 29.4. The third-order valence-corrected chi connectivity index (χ3v) is 6.11. The highest BCUT2D eigenvalue weighted by Gasteiger charge is 2.23. The number of carbonyl (C=O) groups excluding carboxylic acids is 2. The van der Waals surface area contributed by atoms with Gasteiger partial charge in [-0.15, -0.1) is 0 Å². The van der Waals surface area contributed by atoms with E-state index in [0.29, 0.717) is 54.7 Å². The molecule has 0 saturated carbocycles. The Labute approximate surface area is 216 Å². The summed E-state index contributed by atoms with van der Waals surface area (Å²) in [6.45, 7) is 2.50. The maximum absolute atomic E-state index is 13.0. The first-order valence-electron chi connectivity index (χ1n) is 11.9. The number of rotatable bonds is 9. The number of amides is 2. The van der Waals surface area contributed by atoms with Gasteiger partial charge in [0.1, 0.15) is 23.0 Å². The third kappa shape index (κ3) is 6.63. The van der Waals surface area contributed by atoms with Crippen molar-refractivity contribution < 1.29 is 28.5 Å². The fourth-order valence-electron chi connectivity index (χ4n) is 4.05. The molecule has 0 spiro atoms. The van der Waals surface area contributed by atoms with Crippen molar-refractivity contribution in [1.82, 2.24) is 4.90 Å². The summed E-state index contributed by atoms with van der Waals surface area (Å²) in [5, 5.41) is 2.84. The zero-order valence-corrected chi connectivity index (χ0v) is 21.2. The Morgan fingerprint density at radius 3 is 1.86 bits per heavy atom. The molecule has 1 fully saturated rings. The van der Waals surface area contributed by atoms with Gasteiger partial charge in [-0.3, -0.25) is 9.59 Å². The van der Waals surface area contributed by atoms with E-state index in [4.69, 9.17) is 18.9 Å². The highest BCUT2D eigenvalue weighted by atomic mass is 16.5. The zero-order valence-electron chi connectivity index (χ0n) is 21.2. The minimum Gasteiger partial charge on any atom is -0.497 e. The molecule has 37 heavy (non-hydrogen) atoms. The summed E-state index contributed by atoms with van der Waals surface area (Å²) in [5.41, 5.74) is 2.26. The van der Waals surface area contributed by atoms with Crippen molar-refractivity contribution in [2.75, 3.05) is 64.3 Å². The summed E-state index contributed by atoms with van der Waals surface area (Å²) in [6, 6.07) is 19.9. The molecule has 1 aliphatic rings. The highest BCUT2D eigenvalue weighted by molar-refractivity contribution is 5.95. The molecule has 0 bridgehead atoms. The molecular weight excluding hydrogens is 474 g/mol. The van der Waals surface area contributed by atoms with Crippen molar-refractivity contribution in [3.8, 4) is 23.0 Å². The lowest BCUT2D eigenvalue weighted by atomic mass is 10.1. The molecule has 1 aliphatic heterocycles. The molecule has 1 heterocycles. The minimum atomic E-state index is -0.245. The van der Waals surface area contributed by atoms with Crippen LogP contribution in [0.4, 0.5) is 11.4 Å². The average Bonchev–Trinajstić information content (AvgIpc) is 2.96. The predicted molar refractivity (Wildman–Crippen MR) is 141 cm³/mol. The Bertz CT molecular complexity index is 1180. The molecular formula is C28H31N3O6. The quantitative estimate of drug-likeness (QED) is 0.474. The van der Waals surface area contributed by atoms with Gasteiger partial charge >= 0.3 is 0 Å². The molecule has 0 aliphatic carbocycles. The van der Waals surface area contributed by atoms with Crippen LogP contribution in [0.25, 0.3) is 0 Å². The predicted octanol–water partition coefficient (Wildman–Crippen LogP) is 3.69. The van der Waals surface area contributed by atoms with Gasteiger partial charge in [-0.05, 0) is 60.7 Å². The first-order chi connectivity index (χ1) is 18.0. The second-order valence-electron chi connectivity index (χ2n) is 8.44. The van der Waals surface area contributed by atoms with Crippen molar-refractivity contribution in [2.24, 2.45) is 0 Å². The molecule has 1 N–H and O–H groups in total. The molecule has 0 aromatic heterocycles. The maximum Gasteiger partial charge on any atom is 0.262 e. The molecule has 3 aromatic carbocycles. The van der Waals surface area contributed by atoms with Crippen LogP contribution in [0.2, 0.25) is 0 Å². The van der Waals surface area contributed by atoms with Gasteiger partial charge in [-0.1, -0.05) is 0 Å². The largest absolute Gasteiger partial charge is 0.497 e. The molecule has 9 heteroatoms. The van der Waals surface area contributed by atoms with Gasteiger partial charge in [0.05, 0.1) is 21.3 Å². The van der Waals surface area contributed by atoms with E-state index in [9.17, 15) is 9.59 Å². The summed E-state index contributed by atoms with van der Waals surface area (Å²) in [6.07, 6.45) is 0. The molecule has 9 nitrogen and oxygen atoms in total. The Kier molecular flexibility index (Phi) is 8.35. The van der Waals surface area contributed by atoms with E-state index in [2.05, 4.69) is 10.2 Å². The lowest BCUT2D eigenvalue weighted by Gasteiger charge is -2.36. The number of hydrogen-bond donors (Lipinski definition) is 1. The first-order valence-corrected chi connectivity index (χ1v) is 11.9. The summed E-state index contributed by atoms with van der Waals surface area (Å²) in [7, 11) is 4.72. The van der Waals surface area contributed by atoms with Crippen LogP contribution in [0, 0.1) is 0 Å². The van der Waals surface area contributed by atoms with Crippen LogP contribution < -0.4 is 29.2 Å². The van der Waals surface area contributed by atoms with Gasteiger partial charge in [0.15, 0.2) is 6.61 Å². The van der Waals surface area contributed by atoms with E-state index in [1.165, 1.54) is 0 Å². The summed E-state index contributed by atoms with van der Waals surface area (Å²) < 4.78 is 21.2. The SMILES string of the molecule is COc1ccc(OCC(=O)Nc2ccc(N3CCN(C(=O)c4cc(OC)cc(OC)c4)CC3)cc2)cc1. The zero-order chi connectivity index (χ0) is 26.2. The number of carbonyl (C=O) groups is 2. The van der Waals surface area contributed by atoms with Gasteiger partial charge < -0.3 is 34.1 Å². The number of hydrogen-bond acceptors (Lipinski definition) is 7. The second kappa shape index (κ2) is 12.0. The topological polar surface area (TPSA) is 89.6 Å². The van der Waals surface area contributed by atoms with E-state index in [1.54, 1.807) is 63.8 Å². The third-order valence-electron chi connectivity index (χ3n) is 6.11. The van der Waals surface area contributed by atoms with Gasteiger partial charge in [0, 0.05) is 49.2 Å². The lowest BCUT2D eigenvalue weighted by Crippen LogP contribution is -2.48. The number of methoxy groups -OCH3 is 3. The highest BCUT2D eigenvalue weighted by Crippen LogP contribution is 2.25. The van der Waals surface area contributed by atoms with E-state index < -0.39 is 0 Å². The molecule has 0 radical (unpaired) electrons. The molecule has 194 valence electrons. The van der Waals surface area contributed by atoms with Gasteiger partial charge in [-0.25, -0.2) is 0 Å². The van der Waals surface area contributed by atoms with Gasteiger partial charge in [0.2, 0.25) is 0 Å². The number of nitrogens with one attached hydrogen (secondary N) is 1. The van der Waals surface area contributed by atoms with Crippen LogP contribution in [0.15, 0.2) is 66.7 Å². The summed E-state index contributed by atoms with van der Waals surface area (Å²) >= 11 is 0. The monoisotopic (exact) mass is 505 g/mol. The Morgan fingerprint density at radius 2 is 1.30 bits per heavy atom. The van der Waals surface area contributed by atoms with Crippen molar-refractivity contribution in [1.29, 1.82) is 0 Å². The Morgan fingerprint density at radius 1 is 0.730 bits per heavy atom. The van der Waals surface area contributed by atoms with E-state index in [0.717, 1.165) is 11.4 Å². The molecule has 0 atom stereocenters. The smallest absolute Gasteiger partial charge is 0.262 e. The fourth-order valence-corrected chi connectivity index (χ4v) is 4.05. The van der Waals surface area contributed by atoms with Crippen molar-refractivity contribution in [3.63, 3.8) is 0 Å². The van der Waals surface area contributed by atoms with Gasteiger partial charge in [-0.2, -0.15) is 0 Å². The molecule has 2 amide bonds. The van der Waals surface area contributed by atoms with Crippen LogP contribution in [0.5, 0.6) is 23.0 Å². The number of anilines is 2.